The number of para-hydroxylation sites is 8. The third kappa shape index (κ3) is 5.63. The maximum Gasteiger partial charge on any atom is 0.293 e. The van der Waals surface area contributed by atoms with Crippen LogP contribution in [0.2, 0.25) is 0 Å². The van der Waals surface area contributed by atoms with E-state index in [0.717, 1.165) is 138 Å². The van der Waals surface area contributed by atoms with Crippen molar-refractivity contribution in [1.82, 2.24) is 0 Å². The van der Waals surface area contributed by atoms with Gasteiger partial charge in [0.25, 0.3) is 11.2 Å². The van der Waals surface area contributed by atoms with E-state index in [1.165, 1.54) is 21.7 Å². The third-order valence-electron chi connectivity index (χ3n) is 15.4. The molecule has 6 nitrogen and oxygen atoms in total. The lowest BCUT2D eigenvalue weighted by Crippen LogP contribution is -2.13. The summed E-state index contributed by atoms with van der Waals surface area (Å²) in [6, 6.07) is 75.8. The molecule has 0 aliphatic heterocycles. The minimum absolute atomic E-state index is 0.186. The SMILES string of the molecule is CC(C)c1cc(N(c2cccc3c2oc2ccccc23)c2cccc3c2oc2ccccc23)c2ccc3ccc(N(c4cccc5c4oc4ccccc45)c4cccc5c4[oH+]c4ccccc45)c4ccc1c2c34. The van der Waals surface area contributed by atoms with Gasteiger partial charge < -0.3 is 22.6 Å². The van der Waals surface area contributed by atoms with E-state index in [-0.39, 0.29) is 5.92 Å². The predicted molar refractivity (Wildman–Crippen MR) is 304 cm³/mol. The Morgan fingerprint density at radius 2 is 0.767 bits per heavy atom. The second kappa shape index (κ2) is 15.0. The second-order valence-corrected chi connectivity index (χ2v) is 19.7. The first-order chi connectivity index (χ1) is 36.1. The Bertz CT molecular complexity index is 4700. The summed E-state index contributed by atoms with van der Waals surface area (Å²) in [5.41, 5.74) is 14.0. The van der Waals surface area contributed by atoms with Crippen LogP contribution in [-0.2, 0) is 0 Å². The highest BCUT2D eigenvalue weighted by Gasteiger charge is 2.31. The van der Waals surface area contributed by atoms with Gasteiger partial charge in [0.2, 0.25) is 0 Å². The summed E-state index contributed by atoms with van der Waals surface area (Å²) in [7, 11) is 0. The molecule has 16 rings (SSSR count). The zero-order chi connectivity index (χ0) is 48.1. The lowest BCUT2D eigenvalue weighted by molar-refractivity contribution is 0.665. The minimum Gasteiger partial charge on any atom is -0.544 e. The molecule has 0 amide bonds. The van der Waals surface area contributed by atoms with Crippen molar-refractivity contribution in [1.29, 1.82) is 0 Å². The topological polar surface area (TPSA) is 58.7 Å². The molecule has 0 aliphatic carbocycles. The van der Waals surface area contributed by atoms with Crippen LogP contribution in [0.1, 0.15) is 25.3 Å². The number of anilines is 6. The van der Waals surface area contributed by atoms with Crippen LogP contribution >= 0.6 is 0 Å². The smallest absolute Gasteiger partial charge is 0.293 e. The van der Waals surface area contributed by atoms with Gasteiger partial charge >= 0.3 is 0 Å². The van der Waals surface area contributed by atoms with Crippen LogP contribution in [0, 0.1) is 0 Å². The average Bonchev–Trinajstić information content (AvgIpc) is 4.22. The van der Waals surface area contributed by atoms with E-state index in [2.05, 4.69) is 218 Å². The van der Waals surface area contributed by atoms with E-state index in [1.807, 2.05) is 18.2 Å². The molecule has 16 aromatic rings. The van der Waals surface area contributed by atoms with Crippen LogP contribution in [0.5, 0.6) is 0 Å². The molecule has 0 aliphatic rings. The molecule has 4 aromatic heterocycles. The molecule has 0 bridgehead atoms. The number of hydrogen-bond donors (Lipinski definition) is 0. The van der Waals surface area contributed by atoms with E-state index >= 15 is 0 Å². The standard InChI is InChI=1S/C67H42N2O4/c1-38(2)51-37-57(69(55-25-13-21-47-42-17-5-9-29-60(42)72-66(47)55)56-26-14-22-48-43-18-6-10-30-61(43)73-67(48)56)50-33-31-39-32-36-52(49-35-34-44(51)63(50)62(39)49)68(53-23-11-19-45-40-15-3-7-27-58(40)70-64(45)53)54-24-12-20-46-41-16-4-8-28-59(41)71-65(46)54/h3-38H,1-2H3/p+1. The quantitative estimate of drug-likeness (QED) is 0.118. The summed E-state index contributed by atoms with van der Waals surface area (Å²) < 4.78 is 26.1. The molecule has 0 fully saturated rings. The van der Waals surface area contributed by atoms with Crippen LogP contribution in [-0.4, -0.2) is 0 Å². The van der Waals surface area contributed by atoms with Gasteiger partial charge in [0.15, 0.2) is 16.7 Å². The lowest BCUT2D eigenvalue weighted by atomic mass is 9.86. The molecular formula is C67H43N2O4+. The summed E-state index contributed by atoms with van der Waals surface area (Å²) in [6.45, 7) is 4.61. The monoisotopic (exact) mass is 939 g/mol. The predicted octanol–water partition coefficient (Wildman–Crippen LogP) is 20.4. The molecule has 0 saturated heterocycles. The van der Waals surface area contributed by atoms with E-state index < -0.39 is 0 Å². The zero-order valence-corrected chi connectivity index (χ0v) is 39.9. The summed E-state index contributed by atoms with van der Waals surface area (Å²) in [5.74, 6) is 0.186. The fourth-order valence-electron chi connectivity index (χ4n) is 12.2. The molecule has 73 heavy (non-hydrogen) atoms. The van der Waals surface area contributed by atoms with Gasteiger partial charge in [0, 0.05) is 49.2 Å². The van der Waals surface area contributed by atoms with Crippen molar-refractivity contribution in [2.75, 3.05) is 9.80 Å². The highest BCUT2D eigenvalue weighted by molar-refractivity contribution is 6.30. The van der Waals surface area contributed by atoms with Crippen molar-refractivity contribution < 1.29 is 17.7 Å². The maximum absolute atomic E-state index is 6.92. The molecule has 0 atom stereocenters. The Hall–Kier alpha value is -9.52. The maximum atomic E-state index is 6.92. The zero-order valence-electron chi connectivity index (χ0n) is 39.9. The minimum atomic E-state index is 0.186. The highest BCUT2D eigenvalue weighted by atomic mass is 16.3. The summed E-state index contributed by atoms with van der Waals surface area (Å²) >= 11 is 0. The highest BCUT2D eigenvalue weighted by Crippen LogP contribution is 2.54. The Balaban J connectivity index is 1.03. The van der Waals surface area contributed by atoms with Crippen LogP contribution in [0.3, 0.4) is 0 Å². The van der Waals surface area contributed by atoms with Crippen LogP contribution in [0.15, 0.2) is 230 Å². The van der Waals surface area contributed by atoms with Crippen molar-refractivity contribution in [3.05, 3.63) is 218 Å². The molecule has 6 heteroatoms. The molecule has 12 aromatic carbocycles. The second-order valence-electron chi connectivity index (χ2n) is 19.7. The molecule has 0 radical (unpaired) electrons. The van der Waals surface area contributed by atoms with Crippen molar-refractivity contribution in [3.63, 3.8) is 0 Å². The molecular weight excluding hydrogens is 897 g/mol. The fraction of sp³-hybridized carbons (Fsp3) is 0.0448. The van der Waals surface area contributed by atoms with Crippen LogP contribution < -0.4 is 9.80 Å². The first kappa shape index (κ1) is 40.2. The van der Waals surface area contributed by atoms with Crippen molar-refractivity contribution in [2.24, 2.45) is 0 Å². The number of rotatable bonds is 7. The number of benzene rings is 12. The molecule has 4 heterocycles. The van der Waals surface area contributed by atoms with Gasteiger partial charge in [0.05, 0.1) is 39.2 Å². The number of nitrogens with zero attached hydrogens (tertiary/aromatic N) is 2. The third-order valence-corrected chi connectivity index (χ3v) is 15.4. The molecule has 0 unspecified atom stereocenters. The van der Waals surface area contributed by atoms with Gasteiger partial charge in [-0.15, -0.1) is 0 Å². The average molecular weight is 940 g/mol. The number of fused-ring (bicyclic) bond motifs is 12. The summed E-state index contributed by atoms with van der Waals surface area (Å²) in [5, 5.41) is 15.7. The van der Waals surface area contributed by atoms with E-state index in [9.17, 15) is 0 Å². The Morgan fingerprint density at radius 3 is 1.34 bits per heavy atom. The van der Waals surface area contributed by atoms with Crippen molar-refractivity contribution >= 4 is 154 Å². The largest absolute Gasteiger partial charge is 0.544 e. The van der Waals surface area contributed by atoms with Gasteiger partial charge in [-0.2, -0.15) is 0 Å². The Morgan fingerprint density at radius 1 is 0.329 bits per heavy atom. The Labute approximate surface area is 417 Å². The molecule has 1 N–H and O–H groups in total. The fourth-order valence-corrected chi connectivity index (χ4v) is 12.2. The van der Waals surface area contributed by atoms with Gasteiger partial charge in [0.1, 0.15) is 22.4 Å². The Kier molecular flexibility index (Phi) is 8.27. The van der Waals surface area contributed by atoms with E-state index in [4.69, 9.17) is 17.7 Å². The molecule has 0 spiro atoms. The first-order valence-electron chi connectivity index (χ1n) is 25.1. The summed E-state index contributed by atoms with van der Waals surface area (Å²) in [6.07, 6.45) is 0. The van der Waals surface area contributed by atoms with Gasteiger partial charge in [-0.05, 0) is 99.8 Å². The first-order valence-corrected chi connectivity index (χ1v) is 25.1. The van der Waals surface area contributed by atoms with Gasteiger partial charge in [-0.25, -0.2) is 0 Å². The number of furan rings is 4. The van der Waals surface area contributed by atoms with Crippen LogP contribution in [0.4, 0.5) is 34.1 Å². The van der Waals surface area contributed by atoms with Gasteiger partial charge in [-0.3, -0.25) is 4.90 Å². The normalized spacial score (nSPS) is 12.4. The van der Waals surface area contributed by atoms with Crippen molar-refractivity contribution in [2.45, 2.75) is 19.8 Å². The van der Waals surface area contributed by atoms with Gasteiger partial charge in [-0.1, -0.05) is 153 Å². The molecule has 344 valence electrons. The lowest BCUT2D eigenvalue weighted by Gasteiger charge is -2.30. The van der Waals surface area contributed by atoms with Crippen LogP contribution in [0.25, 0.3) is 120 Å². The summed E-state index contributed by atoms with van der Waals surface area (Å²) in [4.78, 5) is 4.79. The van der Waals surface area contributed by atoms with E-state index in [0.29, 0.717) is 0 Å². The number of hydrogen-bond acceptors (Lipinski definition) is 5. The van der Waals surface area contributed by atoms with E-state index in [1.54, 1.807) is 0 Å². The molecule has 0 saturated carbocycles. The van der Waals surface area contributed by atoms with Crippen molar-refractivity contribution in [3.8, 4) is 0 Å².